The first-order valence-electron chi connectivity index (χ1n) is 4.78. The molecule has 1 aromatic rings. The van der Waals surface area contributed by atoms with E-state index in [0.29, 0.717) is 0 Å². The molecule has 0 spiro atoms. The molecule has 0 saturated heterocycles. The van der Waals surface area contributed by atoms with Crippen LogP contribution in [0.15, 0.2) is 24.3 Å². The molecule has 0 amide bonds. The van der Waals surface area contributed by atoms with Gasteiger partial charge >= 0.3 is 0 Å². The quantitative estimate of drug-likeness (QED) is 0.635. The Morgan fingerprint density at radius 2 is 1.85 bits per heavy atom. The molecule has 1 aliphatic rings. The summed E-state index contributed by atoms with van der Waals surface area (Å²) in [7, 11) is 0. The van der Waals surface area contributed by atoms with Crippen molar-refractivity contribution in [3.8, 4) is 0 Å². The highest BCUT2D eigenvalue weighted by Crippen LogP contribution is 2.28. The van der Waals surface area contributed by atoms with Crippen molar-refractivity contribution < 1.29 is 0 Å². The van der Waals surface area contributed by atoms with Crippen LogP contribution in [-0.4, -0.2) is 12.1 Å². The molecule has 0 bridgehead atoms. The molecule has 0 fully saturated rings. The van der Waals surface area contributed by atoms with Gasteiger partial charge in [0.05, 0.1) is 11.4 Å². The monoisotopic (exact) mass is 176 g/mol. The Morgan fingerprint density at radius 3 is 2.62 bits per heavy atom. The van der Waals surface area contributed by atoms with E-state index in [4.69, 9.17) is 0 Å². The van der Waals surface area contributed by atoms with E-state index in [1.165, 1.54) is 11.4 Å². The summed E-state index contributed by atoms with van der Waals surface area (Å²) >= 11 is 0. The number of anilines is 2. The Morgan fingerprint density at radius 1 is 1.15 bits per heavy atom. The fourth-order valence-electron chi connectivity index (χ4n) is 1.68. The molecule has 2 rings (SSSR count). The van der Waals surface area contributed by atoms with Crippen molar-refractivity contribution in [3.05, 3.63) is 24.3 Å². The number of para-hydroxylation sites is 2. The van der Waals surface area contributed by atoms with Crippen molar-refractivity contribution in [1.82, 2.24) is 0 Å². The predicted molar refractivity (Wildman–Crippen MR) is 57.3 cm³/mol. The van der Waals surface area contributed by atoms with Gasteiger partial charge in [0.25, 0.3) is 0 Å². The highest BCUT2D eigenvalue weighted by molar-refractivity contribution is 5.70. The van der Waals surface area contributed by atoms with E-state index in [1.54, 1.807) is 0 Å². The van der Waals surface area contributed by atoms with Crippen LogP contribution in [0.3, 0.4) is 0 Å². The molecular weight excluding hydrogens is 160 g/mol. The van der Waals surface area contributed by atoms with Gasteiger partial charge in [-0.3, -0.25) is 0 Å². The maximum absolute atomic E-state index is 3.54. The van der Waals surface area contributed by atoms with Crippen molar-refractivity contribution in [2.75, 3.05) is 17.2 Å². The van der Waals surface area contributed by atoms with Crippen molar-refractivity contribution in [2.45, 2.75) is 25.8 Å². The van der Waals surface area contributed by atoms with Crippen LogP contribution in [-0.2, 0) is 0 Å². The first-order chi connectivity index (χ1) is 6.17. The molecule has 0 radical (unpaired) electrons. The summed E-state index contributed by atoms with van der Waals surface area (Å²) in [6, 6.07) is 8.36. The van der Waals surface area contributed by atoms with Gasteiger partial charge in [-0.15, -0.1) is 0 Å². The Bertz CT molecular complexity index is 305. The van der Waals surface area contributed by atoms with E-state index in [-0.39, 0.29) is 5.54 Å². The van der Waals surface area contributed by atoms with Gasteiger partial charge in [-0.05, 0) is 32.4 Å². The molecule has 0 aliphatic carbocycles. The Balaban J connectivity index is 2.34. The molecular formula is C11H16N2. The molecule has 1 aromatic carbocycles. The Labute approximate surface area is 79.4 Å². The van der Waals surface area contributed by atoms with Gasteiger partial charge in [0.2, 0.25) is 0 Å². The summed E-state index contributed by atoms with van der Waals surface area (Å²) in [5.41, 5.74) is 2.62. The molecule has 70 valence electrons. The first-order valence-corrected chi connectivity index (χ1v) is 4.78. The zero-order chi connectivity index (χ0) is 9.31. The highest BCUT2D eigenvalue weighted by Gasteiger charge is 2.20. The summed E-state index contributed by atoms with van der Waals surface area (Å²) < 4.78 is 0. The van der Waals surface area contributed by atoms with Gasteiger partial charge in [0, 0.05) is 12.1 Å². The number of benzene rings is 1. The summed E-state index contributed by atoms with van der Waals surface area (Å²) in [6.07, 6.45) is 1.14. The van der Waals surface area contributed by atoms with Crippen LogP contribution in [0.1, 0.15) is 20.3 Å². The molecule has 0 saturated carbocycles. The number of nitrogens with one attached hydrogen (secondary N) is 2. The van der Waals surface area contributed by atoms with Crippen LogP contribution < -0.4 is 10.6 Å². The van der Waals surface area contributed by atoms with E-state index in [9.17, 15) is 0 Å². The molecule has 1 heterocycles. The fraction of sp³-hybridized carbons (Fsp3) is 0.455. The Hall–Kier alpha value is -1.18. The highest BCUT2D eigenvalue weighted by atomic mass is 15.0. The van der Waals surface area contributed by atoms with Crippen molar-refractivity contribution >= 4 is 11.4 Å². The standard InChI is InChI=1S/C11H16N2/c1-11(2)7-8-12-9-5-3-4-6-10(9)13-11/h3-6,12-13H,7-8H2,1-2H3. The third-order valence-electron chi connectivity index (χ3n) is 2.47. The topological polar surface area (TPSA) is 24.1 Å². The Kier molecular flexibility index (Phi) is 1.91. The zero-order valence-electron chi connectivity index (χ0n) is 8.22. The van der Waals surface area contributed by atoms with Crippen molar-refractivity contribution in [2.24, 2.45) is 0 Å². The number of rotatable bonds is 0. The molecule has 1 aliphatic heterocycles. The third kappa shape index (κ3) is 1.77. The van der Waals surface area contributed by atoms with Crippen LogP contribution in [0.5, 0.6) is 0 Å². The number of hydrogen-bond acceptors (Lipinski definition) is 2. The minimum Gasteiger partial charge on any atom is -0.383 e. The summed E-state index contributed by atoms with van der Waals surface area (Å²) in [4.78, 5) is 0. The zero-order valence-corrected chi connectivity index (χ0v) is 8.22. The van der Waals surface area contributed by atoms with E-state index in [0.717, 1.165) is 13.0 Å². The van der Waals surface area contributed by atoms with Gasteiger partial charge in [-0.25, -0.2) is 0 Å². The maximum Gasteiger partial charge on any atom is 0.0580 e. The molecule has 2 N–H and O–H groups in total. The van der Waals surface area contributed by atoms with Gasteiger partial charge in [-0.1, -0.05) is 12.1 Å². The second-order valence-electron chi connectivity index (χ2n) is 4.23. The summed E-state index contributed by atoms with van der Waals surface area (Å²) in [5.74, 6) is 0. The molecule has 0 atom stereocenters. The summed E-state index contributed by atoms with van der Waals surface area (Å²) in [5, 5.41) is 6.95. The van der Waals surface area contributed by atoms with E-state index >= 15 is 0 Å². The van der Waals surface area contributed by atoms with Gasteiger partial charge in [-0.2, -0.15) is 0 Å². The second-order valence-corrected chi connectivity index (χ2v) is 4.23. The van der Waals surface area contributed by atoms with Crippen molar-refractivity contribution in [1.29, 1.82) is 0 Å². The molecule has 0 unspecified atom stereocenters. The molecule has 2 heteroatoms. The third-order valence-corrected chi connectivity index (χ3v) is 2.47. The van der Waals surface area contributed by atoms with Gasteiger partial charge in [0.15, 0.2) is 0 Å². The van der Waals surface area contributed by atoms with Crippen LogP contribution in [0.4, 0.5) is 11.4 Å². The average molecular weight is 176 g/mol. The van der Waals surface area contributed by atoms with Crippen LogP contribution in [0.25, 0.3) is 0 Å². The smallest absolute Gasteiger partial charge is 0.0580 e. The lowest BCUT2D eigenvalue weighted by Crippen LogP contribution is -2.30. The first kappa shape index (κ1) is 8.42. The minimum absolute atomic E-state index is 0.194. The SMILES string of the molecule is CC1(C)CCNc2ccccc2N1. The predicted octanol–water partition coefficient (Wildman–Crippen LogP) is 2.69. The van der Waals surface area contributed by atoms with E-state index < -0.39 is 0 Å². The van der Waals surface area contributed by atoms with Crippen molar-refractivity contribution in [3.63, 3.8) is 0 Å². The second kappa shape index (κ2) is 2.95. The lowest BCUT2D eigenvalue weighted by molar-refractivity contribution is 0.540. The van der Waals surface area contributed by atoms with Crippen LogP contribution >= 0.6 is 0 Å². The lowest BCUT2D eigenvalue weighted by atomic mass is 10.0. The van der Waals surface area contributed by atoms with Gasteiger partial charge < -0.3 is 10.6 Å². The largest absolute Gasteiger partial charge is 0.383 e. The van der Waals surface area contributed by atoms with Gasteiger partial charge in [0.1, 0.15) is 0 Å². The normalized spacial score (nSPS) is 19.2. The number of hydrogen-bond donors (Lipinski definition) is 2. The summed E-state index contributed by atoms with van der Waals surface area (Å²) in [6.45, 7) is 5.50. The van der Waals surface area contributed by atoms with E-state index in [1.807, 2.05) is 0 Å². The maximum atomic E-state index is 3.54. The minimum atomic E-state index is 0.194. The number of fused-ring (bicyclic) bond motifs is 1. The van der Waals surface area contributed by atoms with E-state index in [2.05, 4.69) is 48.7 Å². The van der Waals surface area contributed by atoms with Crippen LogP contribution in [0.2, 0.25) is 0 Å². The van der Waals surface area contributed by atoms with Crippen LogP contribution in [0, 0.1) is 0 Å². The molecule has 0 aromatic heterocycles. The molecule has 2 nitrogen and oxygen atoms in total. The molecule has 13 heavy (non-hydrogen) atoms. The average Bonchev–Trinajstić information content (AvgIpc) is 2.21. The lowest BCUT2D eigenvalue weighted by Gasteiger charge is -2.24. The fourth-order valence-corrected chi connectivity index (χ4v) is 1.68.